The molecular formula is C20H23N3O3S. The zero-order chi connectivity index (χ0) is 19.4. The summed E-state index contributed by atoms with van der Waals surface area (Å²) in [5.41, 5.74) is 1.16. The number of methoxy groups -OCH3 is 2. The molecule has 3 rings (SSSR count). The average molecular weight is 385 g/mol. The number of amides is 1. The second-order valence-corrected chi connectivity index (χ2v) is 7.69. The molecule has 1 aliphatic rings. The van der Waals surface area contributed by atoms with E-state index in [2.05, 4.69) is 18.0 Å². The van der Waals surface area contributed by atoms with Crippen LogP contribution >= 0.6 is 11.8 Å². The van der Waals surface area contributed by atoms with E-state index in [1.54, 1.807) is 32.4 Å². The Morgan fingerprint density at radius 2 is 2.07 bits per heavy atom. The molecule has 1 atom stereocenters. The van der Waals surface area contributed by atoms with E-state index in [4.69, 9.17) is 9.47 Å². The van der Waals surface area contributed by atoms with E-state index in [1.807, 2.05) is 4.90 Å². The van der Waals surface area contributed by atoms with Gasteiger partial charge >= 0.3 is 0 Å². The van der Waals surface area contributed by atoms with Crippen LogP contribution in [0.1, 0.15) is 25.3 Å². The highest BCUT2D eigenvalue weighted by atomic mass is 32.2. The Hall–Kier alpha value is -2.46. The first-order valence-electron chi connectivity index (χ1n) is 8.93. The van der Waals surface area contributed by atoms with Crippen LogP contribution in [-0.2, 0) is 4.79 Å². The lowest BCUT2D eigenvalue weighted by molar-refractivity contribution is -0.130. The number of nitriles is 1. The monoisotopic (exact) mass is 385 g/mol. The van der Waals surface area contributed by atoms with Crippen molar-refractivity contribution in [1.29, 1.82) is 5.26 Å². The minimum atomic E-state index is 0.102. The summed E-state index contributed by atoms with van der Waals surface area (Å²) in [5, 5.41) is 10.9. The lowest BCUT2D eigenvalue weighted by Gasteiger charge is -2.30. The quantitative estimate of drug-likeness (QED) is 0.734. The second kappa shape index (κ2) is 8.49. The van der Waals surface area contributed by atoms with Crippen molar-refractivity contribution in [3.05, 3.63) is 23.8 Å². The molecule has 6 nitrogen and oxygen atoms in total. The fourth-order valence-corrected chi connectivity index (χ4v) is 4.18. The number of piperidine rings is 1. The molecule has 2 heterocycles. The van der Waals surface area contributed by atoms with Crippen LogP contribution in [-0.4, -0.2) is 48.9 Å². The van der Waals surface area contributed by atoms with Gasteiger partial charge in [0, 0.05) is 24.5 Å². The van der Waals surface area contributed by atoms with E-state index in [-0.39, 0.29) is 11.7 Å². The van der Waals surface area contributed by atoms with Gasteiger partial charge in [0.25, 0.3) is 0 Å². The predicted molar refractivity (Wildman–Crippen MR) is 105 cm³/mol. The number of carbonyl (C=O) groups is 1. The molecule has 0 saturated carbocycles. The Morgan fingerprint density at radius 3 is 2.74 bits per heavy atom. The molecule has 1 aromatic carbocycles. The van der Waals surface area contributed by atoms with Gasteiger partial charge in [-0.25, -0.2) is 4.98 Å². The van der Waals surface area contributed by atoms with Gasteiger partial charge in [-0.1, -0.05) is 18.7 Å². The maximum Gasteiger partial charge on any atom is 0.232 e. The number of ether oxygens (including phenoxy) is 2. The van der Waals surface area contributed by atoms with Crippen LogP contribution in [0.25, 0.3) is 10.9 Å². The molecule has 1 amide bonds. The van der Waals surface area contributed by atoms with E-state index in [0.717, 1.165) is 24.9 Å². The summed E-state index contributed by atoms with van der Waals surface area (Å²) in [6, 6.07) is 7.55. The highest BCUT2D eigenvalue weighted by Gasteiger charge is 2.21. The van der Waals surface area contributed by atoms with Crippen molar-refractivity contribution >= 4 is 28.6 Å². The van der Waals surface area contributed by atoms with Crippen LogP contribution in [0.4, 0.5) is 0 Å². The standard InChI is InChI=1S/C20H23N3O3S/c1-13-5-4-6-23(11-13)19(24)12-27-20-15(10-21)7-14-8-17(25-2)18(26-3)9-16(14)22-20/h7-9,13H,4-6,11-12H2,1-3H3/t13-/m0/s1. The van der Waals surface area contributed by atoms with Gasteiger partial charge in [-0.15, -0.1) is 0 Å². The number of rotatable bonds is 5. The second-order valence-electron chi connectivity index (χ2n) is 6.73. The number of benzene rings is 1. The van der Waals surface area contributed by atoms with Crippen molar-refractivity contribution in [3.63, 3.8) is 0 Å². The van der Waals surface area contributed by atoms with Gasteiger partial charge < -0.3 is 14.4 Å². The minimum Gasteiger partial charge on any atom is -0.493 e. The van der Waals surface area contributed by atoms with Crippen molar-refractivity contribution in [2.75, 3.05) is 33.1 Å². The molecule has 27 heavy (non-hydrogen) atoms. The Bertz CT molecular complexity index is 894. The maximum atomic E-state index is 12.5. The van der Waals surface area contributed by atoms with Crippen LogP contribution in [0.5, 0.6) is 11.5 Å². The molecule has 0 bridgehead atoms. The summed E-state index contributed by atoms with van der Waals surface area (Å²) < 4.78 is 10.6. The van der Waals surface area contributed by atoms with Gasteiger partial charge in [0.2, 0.25) is 5.91 Å². The molecule has 2 aromatic rings. The number of hydrogen-bond donors (Lipinski definition) is 0. The van der Waals surface area contributed by atoms with Crippen molar-refractivity contribution in [3.8, 4) is 17.6 Å². The summed E-state index contributed by atoms with van der Waals surface area (Å²) in [5.74, 6) is 2.10. The van der Waals surface area contributed by atoms with Crippen molar-refractivity contribution in [1.82, 2.24) is 9.88 Å². The van der Waals surface area contributed by atoms with Gasteiger partial charge in [-0.05, 0) is 30.9 Å². The summed E-state index contributed by atoms with van der Waals surface area (Å²) >= 11 is 1.32. The molecule has 1 aromatic heterocycles. The van der Waals surface area contributed by atoms with E-state index < -0.39 is 0 Å². The molecule has 142 valence electrons. The van der Waals surface area contributed by atoms with Gasteiger partial charge in [0.1, 0.15) is 11.1 Å². The Labute approximate surface area is 163 Å². The number of nitrogens with zero attached hydrogens (tertiary/aromatic N) is 3. The molecule has 1 saturated heterocycles. The Balaban J connectivity index is 1.83. The van der Waals surface area contributed by atoms with E-state index in [9.17, 15) is 10.1 Å². The number of aromatic nitrogens is 1. The summed E-state index contributed by atoms with van der Waals surface area (Å²) in [7, 11) is 3.14. The molecule has 0 radical (unpaired) electrons. The fourth-order valence-electron chi connectivity index (χ4n) is 3.31. The Morgan fingerprint density at radius 1 is 1.33 bits per heavy atom. The van der Waals surface area contributed by atoms with Crippen molar-refractivity contribution < 1.29 is 14.3 Å². The van der Waals surface area contributed by atoms with Crippen LogP contribution in [0, 0.1) is 17.2 Å². The maximum absolute atomic E-state index is 12.5. The van der Waals surface area contributed by atoms with Gasteiger partial charge in [0.05, 0.1) is 31.1 Å². The zero-order valence-electron chi connectivity index (χ0n) is 15.8. The predicted octanol–water partition coefficient (Wildman–Crippen LogP) is 3.47. The molecule has 0 unspecified atom stereocenters. The lowest BCUT2D eigenvalue weighted by atomic mass is 10.0. The third-order valence-electron chi connectivity index (χ3n) is 4.75. The van der Waals surface area contributed by atoms with Crippen molar-refractivity contribution in [2.24, 2.45) is 5.92 Å². The third-order valence-corrected chi connectivity index (χ3v) is 5.72. The topological polar surface area (TPSA) is 75.5 Å². The lowest BCUT2D eigenvalue weighted by Crippen LogP contribution is -2.40. The number of carbonyl (C=O) groups excluding carboxylic acids is 1. The van der Waals surface area contributed by atoms with Gasteiger partial charge in [-0.2, -0.15) is 5.26 Å². The van der Waals surface area contributed by atoms with Gasteiger partial charge in [0.15, 0.2) is 11.5 Å². The Kier molecular flexibility index (Phi) is 6.07. The molecule has 7 heteroatoms. The normalized spacial score (nSPS) is 16.8. The first-order chi connectivity index (χ1) is 13.0. The smallest absolute Gasteiger partial charge is 0.232 e. The highest BCUT2D eigenvalue weighted by Crippen LogP contribution is 2.34. The number of pyridine rings is 1. The number of likely N-dealkylation sites (tertiary alicyclic amines) is 1. The van der Waals surface area contributed by atoms with Crippen LogP contribution < -0.4 is 9.47 Å². The van der Waals surface area contributed by atoms with E-state index in [1.165, 1.54) is 18.2 Å². The average Bonchev–Trinajstić information content (AvgIpc) is 2.70. The van der Waals surface area contributed by atoms with Crippen LogP contribution in [0.3, 0.4) is 0 Å². The van der Waals surface area contributed by atoms with Crippen LogP contribution in [0.15, 0.2) is 23.2 Å². The number of thioether (sulfide) groups is 1. The first-order valence-corrected chi connectivity index (χ1v) is 9.91. The van der Waals surface area contributed by atoms with Crippen LogP contribution in [0.2, 0.25) is 0 Å². The largest absolute Gasteiger partial charge is 0.493 e. The molecule has 0 aliphatic carbocycles. The fraction of sp³-hybridized carbons (Fsp3) is 0.450. The minimum absolute atomic E-state index is 0.102. The highest BCUT2D eigenvalue weighted by molar-refractivity contribution is 8.00. The summed E-state index contributed by atoms with van der Waals surface area (Å²) in [6.45, 7) is 3.80. The van der Waals surface area contributed by atoms with Crippen molar-refractivity contribution in [2.45, 2.75) is 24.8 Å². The zero-order valence-corrected chi connectivity index (χ0v) is 16.6. The molecule has 0 N–H and O–H groups in total. The van der Waals surface area contributed by atoms with E-state index in [0.29, 0.717) is 33.5 Å². The molecule has 0 spiro atoms. The SMILES string of the molecule is COc1cc2cc(C#N)c(SCC(=O)N3CCC[C@H](C)C3)nc2cc1OC. The summed E-state index contributed by atoms with van der Waals surface area (Å²) in [4.78, 5) is 19.0. The van der Waals surface area contributed by atoms with E-state index >= 15 is 0 Å². The molecule has 1 fully saturated rings. The summed E-state index contributed by atoms with van der Waals surface area (Å²) in [6.07, 6.45) is 2.23. The molecule has 1 aliphatic heterocycles. The first kappa shape index (κ1) is 19.3. The van der Waals surface area contributed by atoms with Gasteiger partial charge in [-0.3, -0.25) is 4.79 Å². The number of fused-ring (bicyclic) bond motifs is 1. The molecular weight excluding hydrogens is 362 g/mol. The third kappa shape index (κ3) is 4.28. The number of hydrogen-bond acceptors (Lipinski definition) is 6.